The number of guanidine groups is 1. The number of nitrogens with one attached hydrogen (secondary N) is 2. The van der Waals surface area contributed by atoms with Gasteiger partial charge in [-0.3, -0.25) is 4.99 Å². The molecule has 2 atom stereocenters. The van der Waals surface area contributed by atoms with E-state index in [9.17, 15) is 4.39 Å². The highest BCUT2D eigenvalue weighted by atomic mass is 19.1. The van der Waals surface area contributed by atoms with Crippen molar-refractivity contribution < 1.29 is 9.13 Å². The average molecular weight is 393 g/mol. The van der Waals surface area contributed by atoms with Crippen LogP contribution in [-0.2, 0) is 0 Å². The number of nitrogens with zero attached hydrogens (tertiary/aromatic N) is 2. The van der Waals surface area contributed by atoms with Gasteiger partial charge in [-0.1, -0.05) is 19.9 Å². The van der Waals surface area contributed by atoms with Gasteiger partial charge < -0.3 is 20.3 Å². The van der Waals surface area contributed by atoms with Crippen LogP contribution < -0.4 is 15.4 Å². The topological polar surface area (TPSA) is 48.9 Å². The lowest BCUT2D eigenvalue weighted by atomic mass is 9.97. The van der Waals surface area contributed by atoms with E-state index in [1.165, 1.54) is 39.1 Å². The highest BCUT2D eigenvalue weighted by Crippen LogP contribution is 2.22. The molecule has 6 heteroatoms. The largest absolute Gasteiger partial charge is 0.494 e. The lowest BCUT2D eigenvalue weighted by Crippen LogP contribution is -2.41. The maximum atomic E-state index is 14.0. The van der Waals surface area contributed by atoms with Gasteiger partial charge in [0.05, 0.1) is 13.2 Å². The van der Waals surface area contributed by atoms with Gasteiger partial charge in [-0.25, -0.2) is 4.39 Å². The number of hydrogen-bond donors (Lipinski definition) is 2. The van der Waals surface area contributed by atoms with Crippen LogP contribution in [0.4, 0.5) is 4.39 Å². The zero-order valence-electron chi connectivity index (χ0n) is 18.1. The van der Waals surface area contributed by atoms with Gasteiger partial charge in [-0.15, -0.1) is 0 Å². The third kappa shape index (κ3) is 6.97. The highest BCUT2D eigenvalue weighted by Gasteiger charge is 2.20. The van der Waals surface area contributed by atoms with Crippen molar-refractivity contribution in [1.82, 2.24) is 15.5 Å². The average Bonchev–Trinajstić information content (AvgIpc) is 2.66. The van der Waals surface area contributed by atoms with E-state index in [2.05, 4.69) is 36.3 Å². The molecule has 2 N–H and O–H groups in total. The molecule has 0 spiro atoms. The van der Waals surface area contributed by atoms with Gasteiger partial charge in [0.1, 0.15) is 0 Å². The van der Waals surface area contributed by atoms with E-state index in [0.29, 0.717) is 11.8 Å². The number of methoxy groups -OCH3 is 1. The Kier molecular flexibility index (Phi) is 9.03. The summed E-state index contributed by atoms with van der Waals surface area (Å²) in [6.45, 7) is 13.7. The maximum absolute atomic E-state index is 14.0. The van der Waals surface area contributed by atoms with Crippen LogP contribution in [0, 0.1) is 17.7 Å². The monoisotopic (exact) mass is 392 g/mol. The summed E-state index contributed by atoms with van der Waals surface area (Å²) < 4.78 is 19.0. The molecule has 1 aliphatic heterocycles. The SMILES string of the molecule is CCNC(=NCC1CCCN(CC(C)C)C1)NC(C)c1ccc(OC)c(F)c1. The van der Waals surface area contributed by atoms with Crippen LogP contribution in [0.15, 0.2) is 23.2 Å². The molecule has 158 valence electrons. The molecule has 2 rings (SSSR count). The van der Waals surface area contributed by atoms with Gasteiger partial charge >= 0.3 is 0 Å². The minimum absolute atomic E-state index is 0.0537. The van der Waals surface area contributed by atoms with Crippen LogP contribution in [-0.4, -0.2) is 50.7 Å². The second-order valence-electron chi connectivity index (χ2n) is 8.14. The maximum Gasteiger partial charge on any atom is 0.191 e. The van der Waals surface area contributed by atoms with E-state index >= 15 is 0 Å². The molecule has 0 bridgehead atoms. The fourth-order valence-corrected chi connectivity index (χ4v) is 3.76. The first-order chi connectivity index (χ1) is 13.4. The van der Waals surface area contributed by atoms with Crippen molar-refractivity contribution in [3.63, 3.8) is 0 Å². The minimum atomic E-state index is -0.344. The van der Waals surface area contributed by atoms with Crippen LogP contribution in [0.3, 0.4) is 0 Å². The van der Waals surface area contributed by atoms with Crippen LogP contribution in [0.2, 0.25) is 0 Å². The first-order valence-corrected chi connectivity index (χ1v) is 10.5. The standard InChI is InChI=1S/C22H37FN4O/c1-6-24-22(25-13-18-8-7-11-27(15-18)14-16(2)3)26-17(4)19-9-10-21(28-5)20(23)12-19/h9-10,12,16-18H,6-8,11,13-15H2,1-5H3,(H2,24,25,26). The van der Waals surface area contributed by atoms with Gasteiger partial charge in [-0.2, -0.15) is 0 Å². The Balaban J connectivity index is 1.96. The van der Waals surface area contributed by atoms with E-state index < -0.39 is 0 Å². The predicted molar refractivity (Wildman–Crippen MR) is 114 cm³/mol. The lowest BCUT2D eigenvalue weighted by Gasteiger charge is -2.33. The van der Waals surface area contributed by atoms with Gasteiger partial charge in [0.25, 0.3) is 0 Å². The summed E-state index contributed by atoms with van der Waals surface area (Å²) in [5.74, 6) is 2.00. The van der Waals surface area contributed by atoms with E-state index in [4.69, 9.17) is 9.73 Å². The Morgan fingerprint density at radius 2 is 2.14 bits per heavy atom. The molecule has 0 aromatic heterocycles. The fraction of sp³-hybridized carbons (Fsp3) is 0.682. The summed E-state index contributed by atoms with van der Waals surface area (Å²) in [4.78, 5) is 7.39. The minimum Gasteiger partial charge on any atom is -0.494 e. The van der Waals surface area contributed by atoms with E-state index in [0.717, 1.165) is 31.2 Å². The lowest BCUT2D eigenvalue weighted by molar-refractivity contribution is 0.162. The van der Waals surface area contributed by atoms with E-state index in [1.54, 1.807) is 6.07 Å². The van der Waals surface area contributed by atoms with Gasteiger partial charge in [-0.05, 0) is 62.8 Å². The molecule has 5 nitrogen and oxygen atoms in total. The first kappa shape index (κ1) is 22.5. The van der Waals surface area contributed by atoms with Crippen LogP contribution in [0.1, 0.15) is 52.1 Å². The Hall–Kier alpha value is -1.82. The number of halogens is 1. The summed E-state index contributed by atoms with van der Waals surface area (Å²) in [7, 11) is 1.48. The van der Waals surface area contributed by atoms with Crippen LogP contribution in [0.25, 0.3) is 0 Å². The molecular formula is C22H37FN4O. The molecule has 1 saturated heterocycles. The molecule has 1 aromatic rings. The molecular weight excluding hydrogens is 355 g/mol. The van der Waals surface area contributed by atoms with Gasteiger partial charge in [0, 0.05) is 26.2 Å². The van der Waals surface area contributed by atoms with Crippen LogP contribution >= 0.6 is 0 Å². The Morgan fingerprint density at radius 1 is 1.36 bits per heavy atom. The zero-order chi connectivity index (χ0) is 20.5. The third-order valence-electron chi connectivity index (χ3n) is 5.11. The number of piperidine rings is 1. The Labute approximate surface area is 169 Å². The van der Waals surface area contributed by atoms with E-state index in [1.807, 2.05) is 13.0 Å². The quantitative estimate of drug-likeness (QED) is 0.522. The van der Waals surface area contributed by atoms with Crippen molar-refractivity contribution in [1.29, 1.82) is 0 Å². The van der Waals surface area contributed by atoms with Gasteiger partial charge in [0.15, 0.2) is 17.5 Å². The van der Waals surface area contributed by atoms with Crippen LogP contribution in [0.5, 0.6) is 5.75 Å². The number of rotatable bonds is 8. The second-order valence-corrected chi connectivity index (χ2v) is 8.14. The number of likely N-dealkylation sites (tertiary alicyclic amines) is 1. The third-order valence-corrected chi connectivity index (χ3v) is 5.11. The summed E-state index contributed by atoms with van der Waals surface area (Å²) in [5.41, 5.74) is 0.865. The molecule has 1 fully saturated rings. The van der Waals surface area contributed by atoms with Crippen molar-refractivity contribution in [3.8, 4) is 5.75 Å². The molecule has 0 aliphatic carbocycles. The smallest absolute Gasteiger partial charge is 0.191 e. The molecule has 2 unspecified atom stereocenters. The number of aliphatic imine (C=N–C) groups is 1. The van der Waals surface area contributed by atoms with Crippen molar-refractivity contribution in [2.24, 2.45) is 16.8 Å². The summed E-state index contributed by atoms with van der Waals surface area (Å²) in [6.07, 6.45) is 2.48. The highest BCUT2D eigenvalue weighted by molar-refractivity contribution is 5.80. The fourth-order valence-electron chi connectivity index (χ4n) is 3.76. The molecule has 1 aromatic carbocycles. The number of benzene rings is 1. The summed E-state index contributed by atoms with van der Waals surface area (Å²) >= 11 is 0. The second kappa shape index (κ2) is 11.2. The molecule has 0 amide bonds. The van der Waals surface area contributed by atoms with Crippen molar-refractivity contribution in [2.45, 2.75) is 46.6 Å². The normalized spacial score (nSPS) is 19.5. The molecule has 28 heavy (non-hydrogen) atoms. The predicted octanol–water partition coefficient (Wildman–Crippen LogP) is 3.82. The van der Waals surface area contributed by atoms with E-state index in [-0.39, 0.29) is 17.6 Å². The van der Waals surface area contributed by atoms with Crippen molar-refractivity contribution in [2.75, 3.05) is 39.8 Å². The number of hydrogen-bond acceptors (Lipinski definition) is 3. The van der Waals surface area contributed by atoms with Gasteiger partial charge in [0.2, 0.25) is 0 Å². The zero-order valence-corrected chi connectivity index (χ0v) is 18.1. The molecule has 0 radical (unpaired) electrons. The first-order valence-electron chi connectivity index (χ1n) is 10.5. The Morgan fingerprint density at radius 3 is 2.79 bits per heavy atom. The number of ether oxygens (including phenoxy) is 1. The molecule has 0 saturated carbocycles. The molecule has 1 aliphatic rings. The Bertz CT molecular complexity index is 635. The molecule has 1 heterocycles. The summed E-state index contributed by atoms with van der Waals surface area (Å²) in [5, 5.41) is 6.71. The van der Waals surface area contributed by atoms with Crippen molar-refractivity contribution >= 4 is 5.96 Å². The van der Waals surface area contributed by atoms with Crippen molar-refractivity contribution in [3.05, 3.63) is 29.6 Å². The summed E-state index contributed by atoms with van der Waals surface area (Å²) in [6, 6.07) is 5.01.